The fraction of sp³-hybridized carbons (Fsp3) is 0.240. The number of amides is 1. The van der Waals surface area contributed by atoms with E-state index in [1.54, 1.807) is 29.0 Å². The molecule has 0 radical (unpaired) electrons. The lowest BCUT2D eigenvalue weighted by molar-refractivity contribution is 0.0588. The predicted molar refractivity (Wildman–Crippen MR) is 130 cm³/mol. The van der Waals surface area contributed by atoms with E-state index in [9.17, 15) is 14.0 Å². The van der Waals surface area contributed by atoms with Crippen LogP contribution in [-0.4, -0.2) is 49.4 Å². The zero-order chi connectivity index (χ0) is 25.7. The number of ether oxygens (including phenoxy) is 3. The van der Waals surface area contributed by atoms with Crippen LogP contribution in [0.15, 0.2) is 53.3 Å². The lowest BCUT2D eigenvalue weighted by Crippen LogP contribution is -2.18. The quantitative estimate of drug-likeness (QED) is 0.316. The van der Waals surface area contributed by atoms with Crippen molar-refractivity contribution in [3.8, 4) is 5.75 Å². The molecule has 0 unspecified atom stereocenters. The van der Waals surface area contributed by atoms with Gasteiger partial charge in [-0.15, -0.1) is 0 Å². The molecule has 0 aliphatic heterocycles. The predicted octanol–water partition coefficient (Wildman–Crippen LogP) is 4.07. The van der Waals surface area contributed by atoms with E-state index < -0.39 is 11.9 Å². The number of hydrogen-bond acceptors (Lipinski definition) is 8. The van der Waals surface area contributed by atoms with Crippen LogP contribution in [0.2, 0.25) is 0 Å². The number of methoxy groups -OCH3 is 3. The first-order valence-corrected chi connectivity index (χ1v) is 11.0. The Labute approximate surface area is 206 Å². The van der Waals surface area contributed by atoms with Crippen LogP contribution in [0.1, 0.15) is 26.6 Å². The second-order valence-electron chi connectivity index (χ2n) is 7.70. The molecule has 0 aliphatic rings. The maximum Gasteiger partial charge on any atom is 0.356 e. The van der Waals surface area contributed by atoms with Gasteiger partial charge in [0.25, 0.3) is 5.91 Å². The average Bonchev–Trinajstić information content (AvgIpc) is 3.53. The molecule has 0 saturated carbocycles. The minimum atomic E-state index is -0.660. The lowest BCUT2D eigenvalue weighted by atomic mass is 10.2. The van der Waals surface area contributed by atoms with Crippen molar-refractivity contribution in [2.75, 3.05) is 38.6 Å². The van der Waals surface area contributed by atoms with E-state index in [0.717, 1.165) is 0 Å². The number of esters is 1. The van der Waals surface area contributed by atoms with Gasteiger partial charge < -0.3 is 33.8 Å². The Morgan fingerprint density at radius 1 is 1.17 bits per heavy atom. The molecule has 3 heterocycles. The summed E-state index contributed by atoms with van der Waals surface area (Å²) >= 11 is 0. The first-order chi connectivity index (χ1) is 17.5. The fourth-order valence-electron chi connectivity index (χ4n) is 3.75. The van der Waals surface area contributed by atoms with Crippen LogP contribution < -0.4 is 15.4 Å². The number of aromatic nitrogens is 2. The van der Waals surface area contributed by atoms with Crippen molar-refractivity contribution < 1.29 is 32.6 Å². The summed E-state index contributed by atoms with van der Waals surface area (Å²) in [7, 11) is 4.30. The Hall–Kier alpha value is -4.38. The van der Waals surface area contributed by atoms with Crippen LogP contribution in [0.25, 0.3) is 11.0 Å². The van der Waals surface area contributed by atoms with Crippen LogP contribution in [-0.2, 0) is 22.6 Å². The van der Waals surface area contributed by atoms with E-state index in [1.807, 2.05) is 0 Å². The average molecular weight is 496 g/mol. The highest BCUT2D eigenvalue weighted by atomic mass is 19.1. The van der Waals surface area contributed by atoms with Gasteiger partial charge in [0.15, 0.2) is 11.5 Å². The molecule has 4 aromatic rings. The third-order valence-corrected chi connectivity index (χ3v) is 5.52. The molecule has 188 valence electrons. The smallest absolute Gasteiger partial charge is 0.356 e. The van der Waals surface area contributed by atoms with E-state index in [-0.39, 0.29) is 42.7 Å². The summed E-state index contributed by atoms with van der Waals surface area (Å²) in [6.07, 6.45) is 2.93. The molecule has 0 aliphatic carbocycles. The zero-order valence-corrected chi connectivity index (χ0v) is 20.0. The van der Waals surface area contributed by atoms with Gasteiger partial charge in [0.05, 0.1) is 44.7 Å². The van der Waals surface area contributed by atoms with Gasteiger partial charge in [-0.2, -0.15) is 0 Å². The third-order valence-electron chi connectivity index (χ3n) is 5.52. The van der Waals surface area contributed by atoms with Gasteiger partial charge in [0, 0.05) is 31.1 Å². The monoisotopic (exact) mass is 496 g/mol. The second-order valence-corrected chi connectivity index (χ2v) is 7.70. The highest BCUT2D eigenvalue weighted by molar-refractivity contribution is 6.14. The molecule has 4 rings (SSSR count). The number of carbonyl (C=O) groups excluding carboxylic acids is 2. The van der Waals surface area contributed by atoms with Crippen molar-refractivity contribution >= 4 is 34.3 Å². The number of nitrogens with one attached hydrogen (secondary N) is 2. The maximum absolute atomic E-state index is 14.3. The van der Waals surface area contributed by atoms with Crippen molar-refractivity contribution in [2.45, 2.75) is 13.1 Å². The minimum Gasteiger partial charge on any atom is -0.497 e. The van der Waals surface area contributed by atoms with Crippen molar-refractivity contribution in [1.29, 1.82) is 0 Å². The summed E-state index contributed by atoms with van der Waals surface area (Å²) in [4.78, 5) is 30.1. The number of rotatable bonds is 10. The molecule has 0 fully saturated rings. The number of anilines is 2. The lowest BCUT2D eigenvalue weighted by Gasteiger charge is -2.10. The van der Waals surface area contributed by atoms with Crippen molar-refractivity contribution in [1.82, 2.24) is 9.55 Å². The summed E-state index contributed by atoms with van der Waals surface area (Å²) < 4.78 is 36.4. The Bertz CT molecular complexity index is 1380. The van der Waals surface area contributed by atoms with Crippen molar-refractivity contribution in [2.24, 2.45) is 0 Å². The summed E-state index contributed by atoms with van der Waals surface area (Å²) in [5.41, 5.74) is 1.68. The van der Waals surface area contributed by atoms with Crippen LogP contribution in [0, 0.1) is 5.82 Å². The Morgan fingerprint density at radius 3 is 2.69 bits per heavy atom. The Kier molecular flexibility index (Phi) is 7.50. The number of benzene rings is 1. The molecular weight excluding hydrogens is 471 g/mol. The number of hydrogen-bond donors (Lipinski definition) is 2. The molecule has 3 aromatic heterocycles. The van der Waals surface area contributed by atoms with Crippen molar-refractivity contribution in [3.05, 3.63) is 71.7 Å². The number of carbonyl (C=O) groups is 2. The van der Waals surface area contributed by atoms with Gasteiger partial charge in [-0.1, -0.05) is 0 Å². The summed E-state index contributed by atoms with van der Waals surface area (Å²) in [5, 5.41) is 6.36. The molecule has 0 spiro atoms. The van der Waals surface area contributed by atoms with Crippen LogP contribution in [0.4, 0.5) is 15.8 Å². The van der Waals surface area contributed by atoms with E-state index >= 15 is 0 Å². The number of nitrogens with zero attached hydrogens (tertiary/aromatic N) is 2. The minimum absolute atomic E-state index is 0.0688. The van der Waals surface area contributed by atoms with Gasteiger partial charge in [0.2, 0.25) is 0 Å². The molecular formula is C25H25FN4O6. The molecule has 0 atom stereocenters. The standard InChI is InChI=1S/C25H25FN4O6/c1-33-10-8-30-22(25(32)35-3)21(29-24(31)20-5-4-9-36-20)18-12-16(14-28-23(18)30)27-13-15-11-17(34-2)6-7-19(15)26/h4-7,9,11-12,14,27H,8,10,13H2,1-3H3,(H,29,31). The first-order valence-electron chi connectivity index (χ1n) is 11.0. The van der Waals surface area contributed by atoms with Gasteiger partial charge in [0.1, 0.15) is 17.2 Å². The fourth-order valence-corrected chi connectivity index (χ4v) is 3.75. The van der Waals surface area contributed by atoms with E-state index in [4.69, 9.17) is 18.6 Å². The van der Waals surface area contributed by atoms with Crippen molar-refractivity contribution in [3.63, 3.8) is 0 Å². The highest BCUT2D eigenvalue weighted by Crippen LogP contribution is 2.33. The highest BCUT2D eigenvalue weighted by Gasteiger charge is 2.27. The van der Waals surface area contributed by atoms with E-state index in [2.05, 4.69) is 15.6 Å². The molecule has 0 bridgehead atoms. The summed E-state index contributed by atoms with van der Waals surface area (Å²) in [6, 6.07) is 9.27. The molecule has 2 N–H and O–H groups in total. The van der Waals surface area contributed by atoms with Gasteiger partial charge in [-0.25, -0.2) is 14.2 Å². The molecule has 11 heteroatoms. The van der Waals surface area contributed by atoms with E-state index in [0.29, 0.717) is 28.0 Å². The zero-order valence-electron chi connectivity index (χ0n) is 20.0. The summed E-state index contributed by atoms with van der Waals surface area (Å²) in [6.45, 7) is 0.720. The normalized spacial score (nSPS) is 10.9. The first kappa shape index (κ1) is 24.7. The number of fused-ring (bicyclic) bond motifs is 1. The number of furan rings is 1. The maximum atomic E-state index is 14.3. The molecule has 10 nitrogen and oxygen atoms in total. The van der Waals surface area contributed by atoms with Gasteiger partial charge in [-0.05, 0) is 36.4 Å². The van der Waals surface area contributed by atoms with Gasteiger partial charge >= 0.3 is 5.97 Å². The number of pyridine rings is 1. The molecule has 0 saturated heterocycles. The number of halogens is 1. The summed E-state index contributed by atoms with van der Waals surface area (Å²) in [5.74, 6) is -0.996. The molecule has 1 aromatic carbocycles. The van der Waals surface area contributed by atoms with E-state index in [1.165, 1.54) is 45.8 Å². The third kappa shape index (κ3) is 5.01. The molecule has 36 heavy (non-hydrogen) atoms. The van der Waals surface area contributed by atoms with Gasteiger partial charge in [-0.3, -0.25) is 4.79 Å². The Morgan fingerprint density at radius 2 is 2.00 bits per heavy atom. The van der Waals surface area contributed by atoms with Crippen LogP contribution in [0.5, 0.6) is 5.75 Å². The second kappa shape index (κ2) is 10.9. The largest absolute Gasteiger partial charge is 0.497 e. The Balaban J connectivity index is 1.76. The molecule has 1 amide bonds. The SMILES string of the molecule is COCCn1c(C(=O)OC)c(NC(=O)c2ccco2)c2cc(NCc3cc(OC)ccc3F)cnc21. The topological polar surface area (TPSA) is 117 Å². The van der Waals surface area contributed by atoms with Crippen LogP contribution in [0.3, 0.4) is 0 Å². The van der Waals surface area contributed by atoms with Crippen LogP contribution >= 0.6 is 0 Å².